The Kier molecular flexibility index (Phi) is 5.08. The molecule has 4 rings (SSSR count). The summed E-state index contributed by atoms with van der Waals surface area (Å²) in [6.45, 7) is 2.86. The van der Waals surface area contributed by atoms with E-state index in [2.05, 4.69) is 9.88 Å². The molecule has 0 bridgehead atoms. The Labute approximate surface area is 167 Å². The van der Waals surface area contributed by atoms with Crippen LogP contribution in [-0.4, -0.2) is 47.8 Å². The van der Waals surface area contributed by atoms with Gasteiger partial charge in [0.2, 0.25) is 0 Å². The molecule has 0 aliphatic carbocycles. The molecule has 6 nitrogen and oxygen atoms in total. The fourth-order valence-electron chi connectivity index (χ4n) is 3.31. The highest BCUT2D eigenvalue weighted by molar-refractivity contribution is 7.17. The van der Waals surface area contributed by atoms with Crippen LogP contribution in [0.1, 0.15) is 15.2 Å². The fourth-order valence-corrected chi connectivity index (χ4v) is 4.27. The van der Waals surface area contributed by atoms with Crippen LogP contribution in [0, 0.1) is 5.41 Å². The van der Waals surface area contributed by atoms with E-state index in [9.17, 15) is 4.79 Å². The minimum Gasteiger partial charge on any atom is -0.384 e. The molecule has 3 N–H and O–H groups in total. The number of nitrogens with two attached hydrogens (primary N) is 1. The number of anilines is 1. The maximum absolute atomic E-state index is 12.9. The number of nitrogens with zero attached hydrogens (tertiary/aromatic N) is 3. The Morgan fingerprint density at radius 3 is 2.61 bits per heavy atom. The topological polar surface area (TPSA) is 86.3 Å². The summed E-state index contributed by atoms with van der Waals surface area (Å²) >= 11 is 1.51. The Morgan fingerprint density at radius 1 is 1.07 bits per heavy atom. The van der Waals surface area contributed by atoms with Gasteiger partial charge in [-0.1, -0.05) is 18.2 Å². The van der Waals surface area contributed by atoms with Crippen molar-refractivity contribution in [1.29, 1.82) is 5.41 Å². The van der Waals surface area contributed by atoms with E-state index in [4.69, 9.17) is 11.1 Å². The van der Waals surface area contributed by atoms with Crippen molar-refractivity contribution in [2.45, 2.75) is 0 Å². The maximum Gasteiger partial charge on any atom is 0.264 e. The highest BCUT2D eigenvalue weighted by atomic mass is 32.1. The predicted octanol–water partition coefficient (Wildman–Crippen LogP) is 3.06. The number of rotatable bonds is 4. The van der Waals surface area contributed by atoms with Gasteiger partial charge in [0.1, 0.15) is 5.84 Å². The van der Waals surface area contributed by atoms with Gasteiger partial charge in [-0.15, -0.1) is 11.3 Å². The standard InChI is InChI=1S/C21H21N5OS/c22-20(23)15-3-1-5-17(13-15)25-9-11-26(12-10-25)21(27)19-7-6-18(28-19)16-4-2-8-24-14-16/h1-8,13-14H,9-12H2,(H3,22,23). The maximum atomic E-state index is 12.9. The zero-order valence-corrected chi connectivity index (χ0v) is 16.2. The second-order valence-electron chi connectivity index (χ2n) is 6.65. The van der Waals surface area contributed by atoms with Gasteiger partial charge < -0.3 is 15.5 Å². The summed E-state index contributed by atoms with van der Waals surface area (Å²) in [4.78, 5) is 23.0. The quantitative estimate of drug-likeness (QED) is 0.529. The molecule has 3 aromatic rings. The van der Waals surface area contributed by atoms with Crippen LogP contribution in [-0.2, 0) is 0 Å². The van der Waals surface area contributed by atoms with Gasteiger partial charge >= 0.3 is 0 Å². The fraction of sp³-hybridized carbons (Fsp3) is 0.190. The second-order valence-corrected chi connectivity index (χ2v) is 7.73. The van der Waals surface area contributed by atoms with Crippen molar-refractivity contribution in [2.24, 2.45) is 5.73 Å². The number of aromatic nitrogens is 1. The largest absolute Gasteiger partial charge is 0.384 e. The number of thiophene rings is 1. The number of carbonyl (C=O) groups is 1. The summed E-state index contributed by atoms with van der Waals surface area (Å²) in [5.74, 6) is 0.148. The first-order valence-corrected chi connectivity index (χ1v) is 9.92. The molecule has 1 aliphatic heterocycles. The SMILES string of the molecule is N=C(N)c1cccc(N2CCN(C(=O)c3ccc(-c4cccnc4)s3)CC2)c1. The average Bonchev–Trinajstić information content (AvgIpc) is 3.24. The number of carbonyl (C=O) groups excluding carboxylic acids is 1. The lowest BCUT2D eigenvalue weighted by Gasteiger charge is -2.36. The summed E-state index contributed by atoms with van der Waals surface area (Å²) in [6, 6.07) is 15.5. The second kappa shape index (κ2) is 7.82. The van der Waals surface area contributed by atoms with E-state index in [-0.39, 0.29) is 11.7 Å². The van der Waals surface area contributed by atoms with E-state index in [1.165, 1.54) is 11.3 Å². The van der Waals surface area contributed by atoms with Gasteiger partial charge in [0.15, 0.2) is 0 Å². The van der Waals surface area contributed by atoms with Crippen molar-refractivity contribution in [3.8, 4) is 10.4 Å². The van der Waals surface area contributed by atoms with Crippen LogP contribution >= 0.6 is 11.3 Å². The monoisotopic (exact) mass is 391 g/mol. The van der Waals surface area contributed by atoms with Crippen LogP contribution in [0.4, 0.5) is 5.69 Å². The van der Waals surface area contributed by atoms with Crippen molar-refractivity contribution in [3.05, 3.63) is 71.4 Å². The van der Waals surface area contributed by atoms with E-state index in [1.807, 2.05) is 59.6 Å². The summed E-state index contributed by atoms with van der Waals surface area (Å²) in [5.41, 5.74) is 8.38. The third-order valence-corrected chi connectivity index (χ3v) is 5.97. The summed E-state index contributed by atoms with van der Waals surface area (Å²) in [6.07, 6.45) is 3.56. The molecule has 3 heterocycles. The lowest BCUT2D eigenvalue weighted by Crippen LogP contribution is -2.48. The molecule has 28 heavy (non-hydrogen) atoms. The lowest BCUT2D eigenvalue weighted by molar-refractivity contribution is 0.0751. The number of benzene rings is 1. The smallest absolute Gasteiger partial charge is 0.264 e. The number of amides is 1. The minimum absolute atomic E-state index is 0.0674. The Morgan fingerprint density at radius 2 is 1.89 bits per heavy atom. The van der Waals surface area contributed by atoms with E-state index in [0.717, 1.165) is 39.7 Å². The highest BCUT2D eigenvalue weighted by Gasteiger charge is 2.23. The lowest BCUT2D eigenvalue weighted by atomic mass is 10.1. The van der Waals surface area contributed by atoms with E-state index in [0.29, 0.717) is 13.1 Å². The van der Waals surface area contributed by atoms with Gasteiger partial charge in [0.05, 0.1) is 4.88 Å². The van der Waals surface area contributed by atoms with Crippen LogP contribution in [0.5, 0.6) is 0 Å². The Bertz CT molecular complexity index is 993. The minimum atomic E-state index is 0.0674. The summed E-state index contributed by atoms with van der Waals surface area (Å²) in [5, 5.41) is 7.60. The zero-order chi connectivity index (χ0) is 19.5. The third kappa shape index (κ3) is 3.75. The molecule has 0 radical (unpaired) electrons. The van der Waals surface area contributed by atoms with Gasteiger partial charge in [-0.3, -0.25) is 15.2 Å². The highest BCUT2D eigenvalue weighted by Crippen LogP contribution is 2.28. The van der Waals surface area contributed by atoms with Crippen LogP contribution in [0.25, 0.3) is 10.4 Å². The van der Waals surface area contributed by atoms with E-state index in [1.54, 1.807) is 6.20 Å². The number of hydrogen-bond donors (Lipinski definition) is 2. The van der Waals surface area contributed by atoms with Crippen LogP contribution in [0.15, 0.2) is 60.9 Å². The molecule has 0 atom stereocenters. The van der Waals surface area contributed by atoms with Crippen LogP contribution in [0.2, 0.25) is 0 Å². The van der Waals surface area contributed by atoms with Crippen molar-refractivity contribution in [1.82, 2.24) is 9.88 Å². The first-order valence-electron chi connectivity index (χ1n) is 9.11. The van der Waals surface area contributed by atoms with Crippen LogP contribution < -0.4 is 10.6 Å². The molecule has 2 aromatic heterocycles. The van der Waals surface area contributed by atoms with E-state index < -0.39 is 0 Å². The zero-order valence-electron chi connectivity index (χ0n) is 15.3. The van der Waals surface area contributed by atoms with Crippen LogP contribution in [0.3, 0.4) is 0 Å². The van der Waals surface area contributed by atoms with E-state index >= 15 is 0 Å². The molecule has 1 fully saturated rings. The average molecular weight is 392 g/mol. The molecular weight excluding hydrogens is 370 g/mol. The Hall–Kier alpha value is -3.19. The van der Waals surface area contributed by atoms with Crippen molar-refractivity contribution in [2.75, 3.05) is 31.1 Å². The molecule has 142 valence electrons. The number of nitrogens with one attached hydrogen (secondary N) is 1. The molecule has 0 saturated carbocycles. The number of amidine groups is 1. The first-order chi connectivity index (χ1) is 13.6. The number of hydrogen-bond acceptors (Lipinski definition) is 5. The number of nitrogen functional groups attached to an aromatic ring is 1. The molecule has 0 spiro atoms. The third-order valence-electron chi connectivity index (χ3n) is 4.85. The molecule has 1 saturated heterocycles. The molecule has 1 aliphatic rings. The summed E-state index contributed by atoms with van der Waals surface area (Å²) in [7, 11) is 0. The summed E-state index contributed by atoms with van der Waals surface area (Å²) < 4.78 is 0. The molecule has 0 unspecified atom stereocenters. The predicted molar refractivity (Wildman–Crippen MR) is 113 cm³/mol. The van der Waals surface area contributed by atoms with Gasteiger partial charge in [-0.2, -0.15) is 0 Å². The van der Waals surface area contributed by atoms with Gasteiger partial charge in [0, 0.05) is 60.3 Å². The number of piperazine rings is 1. The number of pyridine rings is 1. The molecular formula is C21H21N5OS. The van der Waals surface area contributed by atoms with Crippen molar-refractivity contribution in [3.63, 3.8) is 0 Å². The molecule has 7 heteroatoms. The first kappa shape index (κ1) is 18.2. The molecule has 1 amide bonds. The Balaban J connectivity index is 1.41. The van der Waals surface area contributed by atoms with Crippen molar-refractivity contribution >= 4 is 28.8 Å². The molecule has 1 aromatic carbocycles. The van der Waals surface area contributed by atoms with Crippen molar-refractivity contribution < 1.29 is 4.79 Å². The van der Waals surface area contributed by atoms with Gasteiger partial charge in [-0.25, -0.2) is 0 Å². The normalized spacial score (nSPS) is 14.1. The van der Waals surface area contributed by atoms with Gasteiger partial charge in [-0.05, 0) is 30.3 Å². The van der Waals surface area contributed by atoms with Gasteiger partial charge in [0.25, 0.3) is 5.91 Å².